The third kappa shape index (κ3) is 5.52. The van der Waals surface area contributed by atoms with Crippen LogP contribution in [-0.2, 0) is 16.0 Å². The first kappa shape index (κ1) is 23.3. The van der Waals surface area contributed by atoms with Gasteiger partial charge in [0.15, 0.2) is 0 Å². The number of benzene rings is 3. The quantitative estimate of drug-likeness (QED) is 0.292. The summed E-state index contributed by atoms with van der Waals surface area (Å²) in [4.78, 5) is 34.3. The zero-order chi connectivity index (χ0) is 23.9. The molecule has 172 valence electrons. The predicted molar refractivity (Wildman–Crippen MR) is 132 cm³/mol. The number of methoxy groups -OCH3 is 2. The van der Waals surface area contributed by atoms with E-state index in [1.807, 2.05) is 48.5 Å². The number of nitrogens with one attached hydrogen (secondary N) is 1. The van der Waals surface area contributed by atoms with E-state index in [4.69, 9.17) is 19.4 Å². The van der Waals surface area contributed by atoms with Gasteiger partial charge < -0.3 is 14.8 Å². The summed E-state index contributed by atoms with van der Waals surface area (Å²) in [5.41, 5.74) is 4.06. The summed E-state index contributed by atoms with van der Waals surface area (Å²) in [7, 11) is 2.94. The van der Waals surface area contributed by atoms with E-state index >= 15 is 0 Å². The highest BCUT2D eigenvalue weighted by atomic mass is 32.2. The fourth-order valence-corrected chi connectivity index (χ4v) is 4.21. The van der Waals surface area contributed by atoms with Gasteiger partial charge in [-0.05, 0) is 42.0 Å². The minimum Gasteiger partial charge on any atom is -0.497 e. The Hall–Kier alpha value is -3.91. The molecule has 3 aromatic carbocycles. The number of para-hydroxylation sites is 3. The first-order valence-electron chi connectivity index (χ1n) is 10.6. The average molecular weight is 474 g/mol. The summed E-state index contributed by atoms with van der Waals surface area (Å²) < 4.78 is 10.1. The summed E-state index contributed by atoms with van der Waals surface area (Å²) >= 11 is 1.31. The summed E-state index contributed by atoms with van der Waals surface area (Å²) in [5.74, 6) is 0.102. The monoisotopic (exact) mass is 473 g/mol. The van der Waals surface area contributed by atoms with Crippen molar-refractivity contribution in [2.24, 2.45) is 0 Å². The molecule has 0 aliphatic carbocycles. The molecule has 0 saturated heterocycles. The van der Waals surface area contributed by atoms with Crippen LogP contribution in [0.5, 0.6) is 5.75 Å². The van der Waals surface area contributed by atoms with Gasteiger partial charge in [0.25, 0.3) is 0 Å². The highest BCUT2D eigenvalue weighted by molar-refractivity contribution is 8.00. The summed E-state index contributed by atoms with van der Waals surface area (Å²) in [5, 5.41) is 3.47. The number of aromatic nitrogens is 2. The Labute approximate surface area is 201 Å². The van der Waals surface area contributed by atoms with Gasteiger partial charge in [-0.15, -0.1) is 0 Å². The Morgan fingerprint density at radius 2 is 1.65 bits per heavy atom. The molecule has 8 heteroatoms. The Kier molecular flexibility index (Phi) is 7.39. The van der Waals surface area contributed by atoms with Gasteiger partial charge in [0.1, 0.15) is 10.8 Å². The molecule has 0 atom stereocenters. The van der Waals surface area contributed by atoms with Crippen LogP contribution in [0.1, 0.15) is 21.6 Å². The number of hydrogen-bond acceptors (Lipinski definition) is 7. The molecule has 1 amide bonds. The molecule has 4 aromatic rings. The molecule has 0 saturated carbocycles. The predicted octanol–water partition coefficient (Wildman–Crippen LogP) is 4.75. The normalized spacial score (nSPS) is 10.6. The SMILES string of the molecule is COC(=O)c1ccccc1NC(=O)CSc1nc2ccccc2nc1Cc1cccc(OC)c1. The van der Waals surface area contributed by atoms with Crippen molar-refractivity contribution in [3.63, 3.8) is 0 Å². The molecule has 0 spiro atoms. The molecule has 0 radical (unpaired) electrons. The molecule has 0 bridgehead atoms. The number of hydrogen-bond donors (Lipinski definition) is 1. The standard InChI is InChI=1S/C26H23N3O4S/c1-32-18-9-7-8-17(14-18)15-23-25(29-22-13-6-5-12-21(22)27-23)34-16-24(30)28-20-11-4-3-10-19(20)26(31)33-2/h3-14H,15-16H2,1-2H3,(H,28,30). The molecule has 1 aromatic heterocycles. The topological polar surface area (TPSA) is 90.4 Å². The second-order valence-corrected chi connectivity index (χ2v) is 8.33. The maximum absolute atomic E-state index is 12.7. The van der Waals surface area contributed by atoms with Crippen molar-refractivity contribution in [1.82, 2.24) is 9.97 Å². The van der Waals surface area contributed by atoms with E-state index in [0.717, 1.165) is 28.0 Å². The number of fused-ring (bicyclic) bond motifs is 1. The van der Waals surface area contributed by atoms with E-state index in [2.05, 4.69) is 5.32 Å². The number of amides is 1. The van der Waals surface area contributed by atoms with E-state index in [9.17, 15) is 9.59 Å². The summed E-state index contributed by atoms with van der Waals surface area (Å²) in [6.07, 6.45) is 0.546. The van der Waals surface area contributed by atoms with Crippen LogP contribution >= 0.6 is 11.8 Å². The van der Waals surface area contributed by atoms with Crippen LogP contribution in [0.15, 0.2) is 77.8 Å². The molecule has 34 heavy (non-hydrogen) atoms. The van der Waals surface area contributed by atoms with Crippen molar-refractivity contribution in [3.8, 4) is 5.75 Å². The first-order valence-corrected chi connectivity index (χ1v) is 11.5. The average Bonchev–Trinajstić information content (AvgIpc) is 2.87. The number of rotatable bonds is 8. The number of ether oxygens (including phenoxy) is 2. The van der Waals surface area contributed by atoms with Crippen LogP contribution in [0, 0.1) is 0 Å². The Morgan fingerprint density at radius 3 is 2.41 bits per heavy atom. The lowest BCUT2D eigenvalue weighted by molar-refractivity contribution is -0.113. The Balaban J connectivity index is 1.55. The molecule has 7 nitrogen and oxygen atoms in total. The molecule has 1 N–H and O–H groups in total. The van der Waals surface area contributed by atoms with E-state index in [1.165, 1.54) is 18.9 Å². The molecule has 0 aliphatic heterocycles. The number of nitrogens with zero attached hydrogens (tertiary/aromatic N) is 2. The van der Waals surface area contributed by atoms with Crippen LogP contribution < -0.4 is 10.1 Å². The molecule has 1 heterocycles. The highest BCUT2D eigenvalue weighted by Crippen LogP contribution is 2.26. The van der Waals surface area contributed by atoms with Gasteiger partial charge in [0, 0.05) is 6.42 Å². The number of carbonyl (C=O) groups excluding carboxylic acids is 2. The van der Waals surface area contributed by atoms with Crippen LogP contribution in [0.2, 0.25) is 0 Å². The number of esters is 1. The Morgan fingerprint density at radius 1 is 0.912 bits per heavy atom. The van der Waals surface area contributed by atoms with E-state index in [-0.39, 0.29) is 11.7 Å². The van der Waals surface area contributed by atoms with Gasteiger partial charge in [0.05, 0.1) is 48.0 Å². The van der Waals surface area contributed by atoms with Crippen molar-refractivity contribution in [1.29, 1.82) is 0 Å². The zero-order valence-electron chi connectivity index (χ0n) is 18.8. The zero-order valence-corrected chi connectivity index (χ0v) is 19.6. The van der Waals surface area contributed by atoms with E-state index in [1.54, 1.807) is 31.4 Å². The largest absolute Gasteiger partial charge is 0.497 e. The Bertz CT molecular complexity index is 1340. The van der Waals surface area contributed by atoms with Gasteiger partial charge in [-0.1, -0.05) is 48.2 Å². The number of anilines is 1. The lowest BCUT2D eigenvalue weighted by Gasteiger charge is -2.12. The molecular weight excluding hydrogens is 450 g/mol. The van der Waals surface area contributed by atoms with E-state index in [0.29, 0.717) is 22.7 Å². The van der Waals surface area contributed by atoms with Gasteiger partial charge in [-0.2, -0.15) is 0 Å². The van der Waals surface area contributed by atoms with Gasteiger partial charge >= 0.3 is 5.97 Å². The highest BCUT2D eigenvalue weighted by Gasteiger charge is 2.16. The van der Waals surface area contributed by atoms with E-state index < -0.39 is 5.97 Å². The summed E-state index contributed by atoms with van der Waals surface area (Å²) in [6, 6.07) is 22.2. The van der Waals surface area contributed by atoms with Crippen LogP contribution in [-0.4, -0.2) is 41.8 Å². The minimum atomic E-state index is -0.510. The molecule has 0 aliphatic rings. The van der Waals surface area contributed by atoms with Gasteiger partial charge in [0.2, 0.25) is 5.91 Å². The van der Waals surface area contributed by atoms with Crippen molar-refractivity contribution >= 4 is 40.4 Å². The maximum atomic E-state index is 12.7. The minimum absolute atomic E-state index is 0.105. The molecular formula is C26H23N3O4S. The molecule has 0 unspecified atom stereocenters. The number of carbonyl (C=O) groups is 2. The van der Waals surface area contributed by atoms with Crippen LogP contribution in [0.3, 0.4) is 0 Å². The fraction of sp³-hybridized carbons (Fsp3) is 0.154. The second kappa shape index (κ2) is 10.8. The maximum Gasteiger partial charge on any atom is 0.339 e. The second-order valence-electron chi connectivity index (χ2n) is 7.37. The van der Waals surface area contributed by atoms with Crippen molar-refractivity contribution < 1.29 is 19.1 Å². The van der Waals surface area contributed by atoms with Crippen molar-refractivity contribution in [3.05, 3.63) is 89.6 Å². The summed E-state index contributed by atoms with van der Waals surface area (Å²) in [6.45, 7) is 0. The van der Waals surface area contributed by atoms with Crippen LogP contribution in [0.4, 0.5) is 5.69 Å². The van der Waals surface area contributed by atoms with Gasteiger partial charge in [-0.3, -0.25) is 4.79 Å². The van der Waals surface area contributed by atoms with Crippen molar-refractivity contribution in [2.75, 3.05) is 25.3 Å². The first-order chi connectivity index (χ1) is 16.6. The van der Waals surface area contributed by atoms with Crippen LogP contribution in [0.25, 0.3) is 11.0 Å². The lowest BCUT2D eigenvalue weighted by Crippen LogP contribution is -2.17. The lowest BCUT2D eigenvalue weighted by atomic mass is 10.1. The molecule has 4 rings (SSSR count). The van der Waals surface area contributed by atoms with Crippen molar-refractivity contribution in [2.45, 2.75) is 11.4 Å². The number of thioether (sulfide) groups is 1. The third-order valence-electron chi connectivity index (χ3n) is 5.06. The third-order valence-corrected chi connectivity index (χ3v) is 6.07. The van der Waals surface area contributed by atoms with Gasteiger partial charge in [-0.25, -0.2) is 14.8 Å². The smallest absolute Gasteiger partial charge is 0.339 e. The fourth-order valence-electron chi connectivity index (χ4n) is 3.43. The molecule has 0 fully saturated rings.